The lowest BCUT2D eigenvalue weighted by atomic mass is 9.90. The van der Waals surface area contributed by atoms with Gasteiger partial charge < -0.3 is 9.90 Å². The van der Waals surface area contributed by atoms with Gasteiger partial charge in [0, 0.05) is 6.42 Å². The second-order valence-electron chi connectivity index (χ2n) is 3.79. The van der Waals surface area contributed by atoms with Crippen molar-refractivity contribution in [1.82, 2.24) is 0 Å². The van der Waals surface area contributed by atoms with Crippen molar-refractivity contribution in [2.45, 2.75) is 38.5 Å². The Kier molecular flexibility index (Phi) is 4.88. The zero-order valence-corrected chi connectivity index (χ0v) is 9.15. The number of phenols is 1. The average molecular weight is 206 g/mol. The summed E-state index contributed by atoms with van der Waals surface area (Å²) in [4.78, 5) is 10.4. The van der Waals surface area contributed by atoms with E-state index in [1.807, 2.05) is 18.2 Å². The lowest BCUT2D eigenvalue weighted by molar-refractivity contribution is -0.108. The number of hydrogen-bond donors (Lipinski definition) is 1. The Morgan fingerprint density at radius 1 is 1.33 bits per heavy atom. The van der Waals surface area contributed by atoms with Crippen LogP contribution in [-0.2, 0) is 4.79 Å². The maximum absolute atomic E-state index is 10.4. The predicted molar refractivity (Wildman–Crippen MR) is 61.1 cm³/mol. The van der Waals surface area contributed by atoms with E-state index in [9.17, 15) is 9.90 Å². The van der Waals surface area contributed by atoms with Crippen LogP contribution in [0.25, 0.3) is 0 Å². The quantitative estimate of drug-likeness (QED) is 0.725. The van der Waals surface area contributed by atoms with Crippen molar-refractivity contribution in [2.75, 3.05) is 0 Å². The van der Waals surface area contributed by atoms with Crippen molar-refractivity contribution in [3.63, 3.8) is 0 Å². The zero-order valence-electron chi connectivity index (χ0n) is 9.15. The molecule has 1 aromatic carbocycles. The zero-order chi connectivity index (χ0) is 11.1. The number of carbonyl (C=O) groups excluding carboxylic acids is 1. The molecule has 2 heteroatoms. The highest BCUT2D eigenvalue weighted by atomic mass is 16.3. The Labute approximate surface area is 90.9 Å². The Balaban J connectivity index is 2.78. The van der Waals surface area contributed by atoms with E-state index in [-0.39, 0.29) is 0 Å². The predicted octanol–water partition coefficient (Wildman–Crippen LogP) is 3.26. The molecule has 1 aromatic rings. The van der Waals surface area contributed by atoms with Gasteiger partial charge in [-0.25, -0.2) is 0 Å². The fourth-order valence-corrected chi connectivity index (χ4v) is 1.91. The molecule has 0 saturated carbocycles. The smallest absolute Gasteiger partial charge is 0.120 e. The molecule has 0 spiro atoms. The summed E-state index contributed by atoms with van der Waals surface area (Å²) < 4.78 is 0. The molecule has 15 heavy (non-hydrogen) atoms. The second kappa shape index (κ2) is 6.23. The first-order valence-corrected chi connectivity index (χ1v) is 5.51. The van der Waals surface area contributed by atoms with Gasteiger partial charge in [0.2, 0.25) is 0 Å². The van der Waals surface area contributed by atoms with Crippen LogP contribution in [0.5, 0.6) is 5.75 Å². The maximum atomic E-state index is 10.4. The van der Waals surface area contributed by atoms with E-state index < -0.39 is 0 Å². The Hall–Kier alpha value is -1.31. The topological polar surface area (TPSA) is 37.3 Å². The number of carbonyl (C=O) groups is 1. The summed E-state index contributed by atoms with van der Waals surface area (Å²) in [5, 5.41) is 9.72. The van der Waals surface area contributed by atoms with Gasteiger partial charge in [-0.3, -0.25) is 0 Å². The van der Waals surface area contributed by atoms with Crippen LogP contribution in [0.4, 0.5) is 0 Å². The summed E-state index contributed by atoms with van der Waals surface area (Å²) in [6, 6.07) is 7.40. The van der Waals surface area contributed by atoms with Crippen LogP contribution < -0.4 is 0 Å². The average Bonchev–Trinajstić information content (AvgIpc) is 2.25. The van der Waals surface area contributed by atoms with Gasteiger partial charge in [-0.2, -0.15) is 0 Å². The standard InChI is InChI=1S/C13H18O2/c1-2-6-11(7-5-10-14)12-8-3-4-9-13(12)15/h3-4,8-11,15H,2,5-7H2,1H3/t11-/m0/s1. The molecule has 2 nitrogen and oxygen atoms in total. The largest absolute Gasteiger partial charge is 0.508 e. The highest BCUT2D eigenvalue weighted by Crippen LogP contribution is 2.31. The summed E-state index contributed by atoms with van der Waals surface area (Å²) in [5.74, 6) is 0.656. The van der Waals surface area contributed by atoms with E-state index in [1.165, 1.54) is 0 Å². The third-order valence-corrected chi connectivity index (χ3v) is 2.65. The minimum absolute atomic E-state index is 0.307. The van der Waals surface area contributed by atoms with E-state index in [1.54, 1.807) is 6.07 Å². The van der Waals surface area contributed by atoms with Crippen molar-refractivity contribution in [2.24, 2.45) is 0 Å². The number of aldehydes is 1. The molecule has 0 amide bonds. The Morgan fingerprint density at radius 2 is 2.07 bits per heavy atom. The van der Waals surface area contributed by atoms with Crippen LogP contribution in [0.1, 0.15) is 44.1 Å². The van der Waals surface area contributed by atoms with Crippen molar-refractivity contribution in [1.29, 1.82) is 0 Å². The summed E-state index contributed by atoms with van der Waals surface area (Å²) in [6.07, 6.45) is 4.43. The summed E-state index contributed by atoms with van der Waals surface area (Å²) >= 11 is 0. The number of para-hydroxylation sites is 1. The third kappa shape index (κ3) is 3.39. The number of aromatic hydroxyl groups is 1. The van der Waals surface area contributed by atoms with E-state index in [0.717, 1.165) is 31.1 Å². The van der Waals surface area contributed by atoms with Crippen LogP contribution in [-0.4, -0.2) is 11.4 Å². The van der Waals surface area contributed by atoms with E-state index in [0.29, 0.717) is 18.1 Å². The van der Waals surface area contributed by atoms with Crippen LogP contribution in [0.3, 0.4) is 0 Å². The third-order valence-electron chi connectivity index (χ3n) is 2.65. The lowest BCUT2D eigenvalue weighted by Crippen LogP contribution is -1.99. The first-order valence-electron chi connectivity index (χ1n) is 5.51. The second-order valence-corrected chi connectivity index (χ2v) is 3.79. The molecular weight excluding hydrogens is 188 g/mol. The van der Waals surface area contributed by atoms with Crippen molar-refractivity contribution in [3.05, 3.63) is 29.8 Å². The van der Waals surface area contributed by atoms with Crippen LogP contribution in [0.15, 0.2) is 24.3 Å². The molecule has 1 atom stereocenters. The van der Waals surface area contributed by atoms with Crippen LogP contribution >= 0.6 is 0 Å². The number of benzene rings is 1. The normalized spacial score (nSPS) is 12.3. The molecule has 0 aromatic heterocycles. The summed E-state index contributed by atoms with van der Waals surface area (Å²) in [6.45, 7) is 2.12. The van der Waals surface area contributed by atoms with E-state index >= 15 is 0 Å². The molecule has 0 aliphatic heterocycles. The lowest BCUT2D eigenvalue weighted by Gasteiger charge is -2.16. The minimum Gasteiger partial charge on any atom is -0.508 e. The molecule has 82 valence electrons. The fourth-order valence-electron chi connectivity index (χ4n) is 1.91. The molecular formula is C13H18O2. The van der Waals surface area contributed by atoms with Gasteiger partial charge in [0.1, 0.15) is 12.0 Å². The van der Waals surface area contributed by atoms with Gasteiger partial charge in [-0.1, -0.05) is 31.5 Å². The number of rotatable bonds is 6. The fraction of sp³-hybridized carbons (Fsp3) is 0.462. The Bertz CT molecular complexity index is 307. The van der Waals surface area contributed by atoms with Gasteiger partial charge in [-0.05, 0) is 30.4 Å². The van der Waals surface area contributed by atoms with Crippen molar-refractivity contribution < 1.29 is 9.90 Å². The van der Waals surface area contributed by atoms with Crippen LogP contribution in [0, 0.1) is 0 Å². The molecule has 0 heterocycles. The summed E-state index contributed by atoms with van der Waals surface area (Å²) in [7, 11) is 0. The molecule has 0 bridgehead atoms. The maximum Gasteiger partial charge on any atom is 0.120 e. The molecule has 0 radical (unpaired) electrons. The monoisotopic (exact) mass is 206 g/mol. The number of hydrogen-bond acceptors (Lipinski definition) is 2. The first kappa shape index (κ1) is 11.8. The molecule has 1 rings (SSSR count). The highest BCUT2D eigenvalue weighted by molar-refractivity contribution is 5.49. The van der Waals surface area contributed by atoms with E-state index in [4.69, 9.17) is 0 Å². The molecule has 0 aliphatic carbocycles. The molecule has 0 saturated heterocycles. The number of phenolic OH excluding ortho intramolecular Hbond substituents is 1. The van der Waals surface area contributed by atoms with Crippen molar-refractivity contribution >= 4 is 6.29 Å². The molecule has 0 fully saturated rings. The highest BCUT2D eigenvalue weighted by Gasteiger charge is 2.13. The van der Waals surface area contributed by atoms with Gasteiger partial charge >= 0.3 is 0 Å². The molecule has 1 N–H and O–H groups in total. The molecule has 0 unspecified atom stereocenters. The van der Waals surface area contributed by atoms with Gasteiger partial charge in [0.25, 0.3) is 0 Å². The SMILES string of the molecule is CCC[C@@H](CCC=O)c1ccccc1O. The van der Waals surface area contributed by atoms with Gasteiger partial charge in [0.05, 0.1) is 0 Å². The van der Waals surface area contributed by atoms with Crippen LogP contribution in [0.2, 0.25) is 0 Å². The van der Waals surface area contributed by atoms with Gasteiger partial charge in [-0.15, -0.1) is 0 Å². The minimum atomic E-state index is 0.307. The Morgan fingerprint density at radius 3 is 2.67 bits per heavy atom. The first-order chi connectivity index (χ1) is 7.29. The summed E-state index contributed by atoms with van der Waals surface area (Å²) in [5.41, 5.74) is 0.973. The van der Waals surface area contributed by atoms with E-state index in [2.05, 4.69) is 6.92 Å². The van der Waals surface area contributed by atoms with Crippen molar-refractivity contribution in [3.8, 4) is 5.75 Å². The van der Waals surface area contributed by atoms with Gasteiger partial charge in [0.15, 0.2) is 0 Å². The molecule has 0 aliphatic rings.